The highest BCUT2D eigenvalue weighted by molar-refractivity contribution is 5.38. The quantitative estimate of drug-likeness (QED) is 0.815. The molecule has 2 atom stereocenters. The molecule has 2 heteroatoms. The Bertz CT molecular complexity index is 360. The molecule has 1 aromatic rings. The summed E-state index contributed by atoms with van der Waals surface area (Å²) in [6.45, 7) is 6.62. The van der Waals surface area contributed by atoms with E-state index in [1.54, 1.807) is 7.11 Å². The average molecular weight is 233 g/mol. The Morgan fingerprint density at radius 2 is 2.00 bits per heavy atom. The number of hydrogen-bond donors (Lipinski definition) is 1. The van der Waals surface area contributed by atoms with Crippen LogP contribution in [0.1, 0.15) is 32.3 Å². The molecule has 0 aromatic heterocycles. The van der Waals surface area contributed by atoms with E-state index in [-0.39, 0.29) is 0 Å². The highest BCUT2D eigenvalue weighted by atomic mass is 16.5. The minimum absolute atomic E-state index is 0.386. The molecule has 94 valence electrons. The monoisotopic (exact) mass is 233 g/mol. The van der Waals surface area contributed by atoms with Crippen LogP contribution < -0.4 is 10.1 Å². The smallest absolute Gasteiger partial charge is 0.118 e. The molecule has 1 N–H and O–H groups in total. The van der Waals surface area contributed by atoms with Crippen LogP contribution in [0.25, 0.3) is 0 Å². The molecule has 17 heavy (non-hydrogen) atoms. The van der Waals surface area contributed by atoms with Crippen LogP contribution in [0.5, 0.6) is 5.75 Å². The molecule has 0 spiro atoms. The Kier molecular flexibility index (Phi) is 3.72. The highest BCUT2D eigenvalue weighted by Gasteiger charge is 2.53. The number of hydrogen-bond acceptors (Lipinski definition) is 2. The van der Waals surface area contributed by atoms with Crippen molar-refractivity contribution in [3.05, 3.63) is 29.8 Å². The number of methoxy groups -OCH3 is 1. The zero-order valence-electron chi connectivity index (χ0n) is 11.1. The van der Waals surface area contributed by atoms with E-state index >= 15 is 0 Å². The zero-order chi connectivity index (χ0) is 12.3. The molecule has 0 bridgehead atoms. The zero-order valence-corrected chi connectivity index (χ0v) is 11.1. The van der Waals surface area contributed by atoms with E-state index in [0.717, 1.165) is 24.8 Å². The molecular formula is C15H23NO. The van der Waals surface area contributed by atoms with Gasteiger partial charge in [0.1, 0.15) is 5.75 Å². The molecule has 0 radical (unpaired) electrons. The lowest BCUT2D eigenvalue weighted by atomic mass is 9.92. The molecular weight excluding hydrogens is 210 g/mol. The van der Waals surface area contributed by atoms with E-state index in [4.69, 9.17) is 4.74 Å². The van der Waals surface area contributed by atoms with Gasteiger partial charge in [-0.25, -0.2) is 0 Å². The van der Waals surface area contributed by atoms with Gasteiger partial charge in [-0.3, -0.25) is 0 Å². The predicted octanol–water partition coefficient (Wildman–Crippen LogP) is 2.97. The summed E-state index contributed by atoms with van der Waals surface area (Å²) in [5.41, 5.74) is 1.85. The summed E-state index contributed by atoms with van der Waals surface area (Å²) >= 11 is 0. The fourth-order valence-corrected chi connectivity index (χ4v) is 2.86. The summed E-state index contributed by atoms with van der Waals surface area (Å²) in [5, 5.41) is 3.51. The van der Waals surface area contributed by atoms with Crippen molar-refractivity contribution in [2.24, 2.45) is 5.92 Å². The van der Waals surface area contributed by atoms with Crippen LogP contribution in [0.15, 0.2) is 24.3 Å². The molecule has 1 aromatic carbocycles. The van der Waals surface area contributed by atoms with Crippen LogP contribution in [-0.4, -0.2) is 20.2 Å². The van der Waals surface area contributed by atoms with Gasteiger partial charge in [-0.05, 0) is 36.6 Å². The molecule has 1 aliphatic rings. The van der Waals surface area contributed by atoms with Crippen molar-refractivity contribution in [3.63, 3.8) is 0 Å². The third-order valence-electron chi connectivity index (χ3n) is 4.08. The molecule has 1 aliphatic carbocycles. The van der Waals surface area contributed by atoms with Crippen molar-refractivity contribution in [1.82, 2.24) is 5.32 Å². The fraction of sp³-hybridized carbons (Fsp3) is 0.600. The van der Waals surface area contributed by atoms with Crippen molar-refractivity contribution < 1.29 is 4.74 Å². The van der Waals surface area contributed by atoms with Gasteiger partial charge in [0, 0.05) is 12.0 Å². The second-order valence-electron chi connectivity index (χ2n) is 4.97. The van der Waals surface area contributed by atoms with Crippen LogP contribution in [-0.2, 0) is 5.41 Å². The molecule has 2 unspecified atom stereocenters. The van der Waals surface area contributed by atoms with Gasteiger partial charge in [-0.1, -0.05) is 32.4 Å². The number of benzene rings is 1. The van der Waals surface area contributed by atoms with Crippen LogP contribution in [0.4, 0.5) is 0 Å². The van der Waals surface area contributed by atoms with Crippen molar-refractivity contribution in [2.75, 3.05) is 20.2 Å². The van der Waals surface area contributed by atoms with Gasteiger partial charge < -0.3 is 10.1 Å². The van der Waals surface area contributed by atoms with Gasteiger partial charge in [0.2, 0.25) is 0 Å². The van der Waals surface area contributed by atoms with Crippen LogP contribution in [0.3, 0.4) is 0 Å². The Balaban J connectivity index is 2.16. The lowest BCUT2D eigenvalue weighted by Gasteiger charge is -2.18. The number of rotatable bonds is 6. The van der Waals surface area contributed by atoms with Gasteiger partial charge in [0.25, 0.3) is 0 Å². The van der Waals surface area contributed by atoms with E-state index in [0.29, 0.717) is 5.41 Å². The first-order valence-corrected chi connectivity index (χ1v) is 6.62. The average Bonchev–Trinajstić information content (AvgIpc) is 3.11. The third-order valence-corrected chi connectivity index (χ3v) is 4.08. The maximum Gasteiger partial charge on any atom is 0.118 e. The van der Waals surface area contributed by atoms with Gasteiger partial charge in [0.15, 0.2) is 0 Å². The second kappa shape index (κ2) is 5.09. The summed E-state index contributed by atoms with van der Waals surface area (Å²) in [4.78, 5) is 0. The molecule has 2 rings (SSSR count). The SMILES string of the molecule is CCNCC1(c2ccc(OC)cc2)CC1CC. The van der Waals surface area contributed by atoms with Gasteiger partial charge in [-0.2, -0.15) is 0 Å². The van der Waals surface area contributed by atoms with Crippen LogP contribution in [0, 0.1) is 5.92 Å². The second-order valence-corrected chi connectivity index (χ2v) is 4.97. The van der Waals surface area contributed by atoms with E-state index in [9.17, 15) is 0 Å². The Morgan fingerprint density at radius 3 is 2.47 bits per heavy atom. The molecule has 2 nitrogen and oxygen atoms in total. The predicted molar refractivity (Wildman–Crippen MR) is 71.6 cm³/mol. The van der Waals surface area contributed by atoms with Gasteiger partial charge in [0.05, 0.1) is 7.11 Å². The maximum atomic E-state index is 5.22. The van der Waals surface area contributed by atoms with Crippen molar-refractivity contribution >= 4 is 0 Å². The molecule has 0 aliphatic heterocycles. The normalized spacial score (nSPS) is 26.9. The largest absolute Gasteiger partial charge is 0.497 e. The molecule has 1 saturated carbocycles. The van der Waals surface area contributed by atoms with Crippen molar-refractivity contribution in [1.29, 1.82) is 0 Å². The number of likely N-dealkylation sites (N-methyl/N-ethyl adjacent to an activating group) is 1. The van der Waals surface area contributed by atoms with Crippen LogP contribution in [0.2, 0.25) is 0 Å². The highest BCUT2D eigenvalue weighted by Crippen LogP contribution is 2.55. The summed E-state index contributed by atoms with van der Waals surface area (Å²) in [5.74, 6) is 1.79. The number of ether oxygens (including phenoxy) is 1. The standard InChI is InChI=1S/C15H23NO/c1-4-12-10-15(12,11-16-5-2)13-6-8-14(17-3)9-7-13/h6-9,12,16H,4-5,10-11H2,1-3H3. The Hall–Kier alpha value is -1.02. The molecule has 1 fully saturated rings. The summed E-state index contributed by atoms with van der Waals surface area (Å²) in [7, 11) is 1.72. The lowest BCUT2D eigenvalue weighted by molar-refractivity contribution is 0.414. The van der Waals surface area contributed by atoms with Crippen molar-refractivity contribution in [2.45, 2.75) is 32.1 Å². The molecule has 0 heterocycles. The first-order chi connectivity index (χ1) is 8.26. The van der Waals surface area contributed by atoms with Crippen molar-refractivity contribution in [3.8, 4) is 5.75 Å². The van der Waals surface area contributed by atoms with Crippen LogP contribution >= 0.6 is 0 Å². The summed E-state index contributed by atoms with van der Waals surface area (Å²) in [6.07, 6.45) is 2.60. The fourth-order valence-electron chi connectivity index (χ4n) is 2.86. The van der Waals surface area contributed by atoms with Gasteiger partial charge >= 0.3 is 0 Å². The first kappa shape index (κ1) is 12.4. The first-order valence-electron chi connectivity index (χ1n) is 6.62. The lowest BCUT2D eigenvalue weighted by Crippen LogP contribution is -2.28. The minimum Gasteiger partial charge on any atom is -0.497 e. The third kappa shape index (κ3) is 2.32. The topological polar surface area (TPSA) is 21.3 Å². The van der Waals surface area contributed by atoms with E-state index < -0.39 is 0 Å². The minimum atomic E-state index is 0.386. The number of nitrogens with one attached hydrogen (secondary N) is 1. The Morgan fingerprint density at radius 1 is 1.29 bits per heavy atom. The Labute approximate surface area is 104 Å². The molecule has 0 saturated heterocycles. The van der Waals surface area contributed by atoms with Gasteiger partial charge in [-0.15, -0.1) is 0 Å². The van der Waals surface area contributed by atoms with E-state index in [1.165, 1.54) is 18.4 Å². The molecule has 0 amide bonds. The maximum absolute atomic E-state index is 5.22. The summed E-state index contributed by atoms with van der Waals surface area (Å²) in [6, 6.07) is 8.61. The summed E-state index contributed by atoms with van der Waals surface area (Å²) < 4.78 is 5.22. The van der Waals surface area contributed by atoms with E-state index in [1.807, 2.05) is 0 Å². The van der Waals surface area contributed by atoms with E-state index in [2.05, 4.69) is 43.4 Å².